The van der Waals surface area contributed by atoms with Gasteiger partial charge in [-0.1, -0.05) is 13.8 Å². The Labute approximate surface area is 110 Å². The number of aliphatic hydroxyl groups excluding tert-OH is 1. The summed E-state index contributed by atoms with van der Waals surface area (Å²) in [7, 11) is 1.80. The fourth-order valence-electron chi connectivity index (χ4n) is 1.68. The van der Waals surface area contributed by atoms with E-state index in [2.05, 4.69) is 34.4 Å². The Morgan fingerprint density at radius 3 is 2.78 bits per heavy atom. The molecular weight excluding hydrogens is 248 g/mol. The van der Waals surface area contributed by atoms with Crippen molar-refractivity contribution in [2.24, 2.45) is 5.92 Å². The monoisotopic (exact) mass is 266 g/mol. The first-order chi connectivity index (χ1) is 8.65. The largest absolute Gasteiger partial charge is 0.394 e. The molecule has 98 valence electrons. The number of anilines is 2. The SMILES string of the molecule is CNc1nc(NC(CO)C(C)C)c2ccsc2n1. The zero-order valence-corrected chi connectivity index (χ0v) is 11.6. The molecule has 1 unspecified atom stereocenters. The van der Waals surface area contributed by atoms with Crippen LogP contribution >= 0.6 is 11.3 Å². The predicted octanol–water partition coefficient (Wildman–Crippen LogP) is 2.16. The van der Waals surface area contributed by atoms with Crippen LogP contribution in [-0.2, 0) is 0 Å². The minimum Gasteiger partial charge on any atom is -0.394 e. The van der Waals surface area contributed by atoms with Gasteiger partial charge in [-0.3, -0.25) is 0 Å². The zero-order valence-electron chi connectivity index (χ0n) is 10.8. The zero-order chi connectivity index (χ0) is 13.1. The molecule has 2 aromatic rings. The van der Waals surface area contributed by atoms with Crippen molar-refractivity contribution in [3.8, 4) is 0 Å². The third-order valence-electron chi connectivity index (χ3n) is 2.87. The van der Waals surface area contributed by atoms with Crippen molar-refractivity contribution >= 4 is 33.3 Å². The maximum absolute atomic E-state index is 9.39. The third kappa shape index (κ3) is 2.54. The number of nitrogens with one attached hydrogen (secondary N) is 2. The highest BCUT2D eigenvalue weighted by Crippen LogP contribution is 2.27. The van der Waals surface area contributed by atoms with Gasteiger partial charge in [-0.2, -0.15) is 4.98 Å². The Bertz CT molecular complexity index is 526. The molecule has 0 saturated carbocycles. The lowest BCUT2D eigenvalue weighted by Crippen LogP contribution is -2.30. The van der Waals surface area contributed by atoms with Crippen molar-refractivity contribution in [3.05, 3.63) is 11.4 Å². The Morgan fingerprint density at radius 1 is 1.39 bits per heavy atom. The van der Waals surface area contributed by atoms with Gasteiger partial charge >= 0.3 is 0 Å². The molecule has 0 saturated heterocycles. The van der Waals surface area contributed by atoms with Gasteiger partial charge in [0.2, 0.25) is 5.95 Å². The number of hydrogen-bond acceptors (Lipinski definition) is 6. The van der Waals surface area contributed by atoms with Crippen LogP contribution in [0, 0.1) is 5.92 Å². The number of fused-ring (bicyclic) bond motifs is 1. The maximum Gasteiger partial charge on any atom is 0.225 e. The van der Waals surface area contributed by atoms with E-state index in [-0.39, 0.29) is 12.6 Å². The van der Waals surface area contributed by atoms with E-state index < -0.39 is 0 Å². The Balaban J connectivity index is 2.39. The second-order valence-electron chi connectivity index (χ2n) is 4.46. The molecular formula is C12H18N4OS. The first-order valence-corrected chi connectivity index (χ1v) is 6.84. The number of aromatic nitrogens is 2. The van der Waals surface area contributed by atoms with Gasteiger partial charge in [0.1, 0.15) is 10.6 Å². The van der Waals surface area contributed by atoms with Crippen LogP contribution < -0.4 is 10.6 Å². The summed E-state index contributed by atoms with van der Waals surface area (Å²) in [6.45, 7) is 4.22. The summed E-state index contributed by atoms with van der Waals surface area (Å²) in [4.78, 5) is 9.75. The minimum atomic E-state index is -0.00675. The summed E-state index contributed by atoms with van der Waals surface area (Å²) >= 11 is 1.58. The normalized spacial score (nSPS) is 12.9. The molecule has 0 spiro atoms. The van der Waals surface area contributed by atoms with Gasteiger partial charge < -0.3 is 15.7 Å². The van der Waals surface area contributed by atoms with E-state index >= 15 is 0 Å². The van der Waals surface area contributed by atoms with Crippen LogP contribution in [-0.4, -0.2) is 34.8 Å². The van der Waals surface area contributed by atoms with Crippen molar-refractivity contribution in [2.45, 2.75) is 19.9 Å². The van der Waals surface area contributed by atoms with E-state index in [4.69, 9.17) is 0 Å². The van der Waals surface area contributed by atoms with E-state index in [1.807, 2.05) is 11.4 Å². The quantitative estimate of drug-likeness (QED) is 0.773. The molecule has 0 fully saturated rings. The van der Waals surface area contributed by atoms with E-state index in [9.17, 15) is 5.11 Å². The average Bonchev–Trinajstić information content (AvgIpc) is 2.83. The number of hydrogen-bond donors (Lipinski definition) is 3. The molecule has 6 heteroatoms. The molecule has 1 atom stereocenters. The standard InChI is InChI=1S/C12H18N4OS/c1-7(2)9(6-17)14-10-8-4-5-18-11(8)16-12(13-3)15-10/h4-5,7,9,17H,6H2,1-3H3,(H2,13,14,15,16). The van der Waals surface area contributed by atoms with Crippen molar-refractivity contribution in [1.82, 2.24) is 9.97 Å². The van der Waals surface area contributed by atoms with Gasteiger partial charge in [0.25, 0.3) is 0 Å². The van der Waals surface area contributed by atoms with E-state index in [0.717, 1.165) is 16.0 Å². The first kappa shape index (κ1) is 13.0. The van der Waals surface area contributed by atoms with Crippen LogP contribution in [0.3, 0.4) is 0 Å². The molecule has 3 N–H and O–H groups in total. The van der Waals surface area contributed by atoms with E-state index in [1.54, 1.807) is 18.4 Å². The van der Waals surface area contributed by atoms with E-state index in [0.29, 0.717) is 11.9 Å². The first-order valence-electron chi connectivity index (χ1n) is 5.96. The van der Waals surface area contributed by atoms with Crippen LogP contribution in [0.25, 0.3) is 10.2 Å². The van der Waals surface area contributed by atoms with Crippen LogP contribution in [0.5, 0.6) is 0 Å². The Morgan fingerprint density at radius 2 is 2.17 bits per heavy atom. The highest BCUT2D eigenvalue weighted by Gasteiger charge is 2.15. The average molecular weight is 266 g/mol. The highest BCUT2D eigenvalue weighted by atomic mass is 32.1. The molecule has 2 aromatic heterocycles. The van der Waals surface area contributed by atoms with Crippen molar-refractivity contribution < 1.29 is 5.11 Å². The molecule has 0 aliphatic rings. The summed E-state index contributed by atoms with van der Waals surface area (Å²) in [6, 6.07) is 1.99. The van der Waals surface area contributed by atoms with Crippen molar-refractivity contribution in [3.63, 3.8) is 0 Å². The molecule has 0 radical (unpaired) electrons. The predicted molar refractivity (Wildman–Crippen MR) is 76.3 cm³/mol. The van der Waals surface area contributed by atoms with Gasteiger partial charge in [0.05, 0.1) is 18.0 Å². The molecule has 2 heterocycles. The van der Waals surface area contributed by atoms with Gasteiger partial charge in [0, 0.05) is 7.05 Å². The Hall–Kier alpha value is -1.40. The molecule has 0 amide bonds. The molecule has 2 rings (SSSR count). The van der Waals surface area contributed by atoms with Crippen molar-refractivity contribution in [2.75, 3.05) is 24.3 Å². The lowest BCUT2D eigenvalue weighted by Gasteiger charge is -2.21. The number of thiophene rings is 1. The fraction of sp³-hybridized carbons (Fsp3) is 0.500. The number of nitrogens with zero attached hydrogens (tertiary/aromatic N) is 2. The minimum absolute atomic E-state index is 0.00675. The summed E-state index contributed by atoms with van der Waals surface area (Å²) in [5.41, 5.74) is 0. The number of aliphatic hydroxyl groups is 1. The molecule has 0 aliphatic heterocycles. The number of rotatable bonds is 5. The second-order valence-corrected chi connectivity index (χ2v) is 5.36. The van der Waals surface area contributed by atoms with Crippen LogP contribution in [0.15, 0.2) is 11.4 Å². The lowest BCUT2D eigenvalue weighted by molar-refractivity contribution is 0.249. The highest BCUT2D eigenvalue weighted by molar-refractivity contribution is 7.16. The smallest absolute Gasteiger partial charge is 0.225 e. The topological polar surface area (TPSA) is 70.1 Å². The Kier molecular flexibility index (Phi) is 3.98. The van der Waals surface area contributed by atoms with Crippen LogP contribution in [0.2, 0.25) is 0 Å². The maximum atomic E-state index is 9.39. The molecule has 0 aliphatic carbocycles. The molecule has 18 heavy (non-hydrogen) atoms. The summed E-state index contributed by atoms with van der Waals surface area (Å²) in [5, 5.41) is 18.6. The fourth-order valence-corrected chi connectivity index (χ4v) is 2.44. The van der Waals surface area contributed by atoms with Crippen LogP contribution in [0.4, 0.5) is 11.8 Å². The summed E-state index contributed by atoms with van der Waals surface area (Å²) < 4.78 is 0. The second kappa shape index (κ2) is 5.49. The third-order valence-corrected chi connectivity index (χ3v) is 3.68. The molecule has 0 aromatic carbocycles. The van der Waals surface area contributed by atoms with Gasteiger partial charge in [-0.05, 0) is 17.4 Å². The van der Waals surface area contributed by atoms with Gasteiger partial charge in [-0.15, -0.1) is 11.3 Å². The van der Waals surface area contributed by atoms with E-state index in [1.165, 1.54) is 0 Å². The van der Waals surface area contributed by atoms with Crippen LogP contribution in [0.1, 0.15) is 13.8 Å². The molecule has 0 bridgehead atoms. The molecule has 5 nitrogen and oxygen atoms in total. The lowest BCUT2D eigenvalue weighted by atomic mass is 10.1. The van der Waals surface area contributed by atoms with Gasteiger partial charge in [0.15, 0.2) is 0 Å². The summed E-state index contributed by atoms with van der Waals surface area (Å²) in [5.74, 6) is 1.70. The summed E-state index contributed by atoms with van der Waals surface area (Å²) in [6.07, 6.45) is 0. The van der Waals surface area contributed by atoms with Gasteiger partial charge in [-0.25, -0.2) is 4.98 Å². The van der Waals surface area contributed by atoms with Crippen molar-refractivity contribution in [1.29, 1.82) is 0 Å².